The molecule has 4 nitrogen and oxygen atoms in total. The Bertz CT molecular complexity index is 494. The standard InChI is InChI=1S/C14H19N3O/c1-11(2)18-9-5-8-15-14-10-16-17-13-7-4-3-6-12(13)14/h3-4,6-7,10-11H,5,8-9H2,1-2H3,(H,15,17). The van der Waals surface area contributed by atoms with E-state index in [2.05, 4.69) is 21.6 Å². The average molecular weight is 245 g/mol. The van der Waals surface area contributed by atoms with Gasteiger partial charge in [0.15, 0.2) is 0 Å². The van der Waals surface area contributed by atoms with Crippen molar-refractivity contribution in [3.05, 3.63) is 30.5 Å². The van der Waals surface area contributed by atoms with E-state index in [0.717, 1.165) is 36.2 Å². The maximum absolute atomic E-state index is 5.50. The lowest BCUT2D eigenvalue weighted by molar-refractivity contribution is 0.0787. The van der Waals surface area contributed by atoms with Gasteiger partial charge in [-0.05, 0) is 26.3 Å². The van der Waals surface area contributed by atoms with Crippen LogP contribution in [0.3, 0.4) is 0 Å². The molecule has 4 heteroatoms. The van der Waals surface area contributed by atoms with Crippen LogP contribution in [-0.2, 0) is 4.74 Å². The molecule has 0 aliphatic rings. The summed E-state index contributed by atoms with van der Waals surface area (Å²) in [7, 11) is 0. The van der Waals surface area contributed by atoms with Gasteiger partial charge >= 0.3 is 0 Å². The van der Waals surface area contributed by atoms with Crippen LogP contribution < -0.4 is 5.32 Å². The van der Waals surface area contributed by atoms with E-state index in [1.807, 2.05) is 32.0 Å². The Morgan fingerprint density at radius 3 is 2.94 bits per heavy atom. The van der Waals surface area contributed by atoms with Gasteiger partial charge in [-0.1, -0.05) is 18.2 Å². The highest BCUT2D eigenvalue weighted by Crippen LogP contribution is 2.19. The Morgan fingerprint density at radius 1 is 1.28 bits per heavy atom. The summed E-state index contributed by atoms with van der Waals surface area (Å²) in [6.07, 6.45) is 3.05. The van der Waals surface area contributed by atoms with E-state index in [1.54, 1.807) is 6.20 Å². The van der Waals surface area contributed by atoms with Crippen molar-refractivity contribution in [1.29, 1.82) is 0 Å². The zero-order valence-corrected chi connectivity index (χ0v) is 10.9. The first-order valence-electron chi connectivity index (χ1n) is 6.33. The summed E-state index contributed by atoms with van der Waals surface area (Å²) in [6.45, 7) is 5.75. The van der Waals surface area contributed by atoms with Crippen molar-refractivity contribution in [2.24, 2.45) is 0 Å². The molecule has 0 saturated carbocycles. The van der Waals surface area contributed by atoms with E-state index in [4.69, 9.17) is 4.74 Å². The van der Waals surface area contributed by atoms with Crippen molar-refractivity contribution in [3.63, 3.8) is 0 Å². The van der Waals surface area contributed by atoms with Crippen LogP contribution in [0, 0.1) is 0 Å². The second kappa shape index (κ2) is 6.31. The largest absolute Gasteiger partial charge is 0.383 e. The molecule has 0 saturated heterocycles. The van der Waals surface area contributed by atoms with Gasteiger partial charge in [-0.3, -0.25) is 0 Å². The predicted octanol–water partition coefficient (Wildman–Crippen LogP) is 2.86. The topological polar surface area (TPSA) is 47.0 Å². The fourth-order valence-corrected chi connectivity index (χ4v) is 1.76. The molecule has 18 heavy (non-hydrogen) atoms. The van der Waals surface area contributed by atoms with Crippen molar-refractivity contribution in [2.45, 2.75) is 26.4 Å². The van der Waals surface area contributed by atoms with Gasteiger partial charge in [-0.15, -0.1) is 0 Å². The SMILES string of the molecule is CC(C)OCCCNc1cnnc2ccccc12. The van der Waals surface area contributed by atoms with E-state index < -0.39 is 0 Å². The molecule has 1 heterocycles. The maximum Gasteiger partial charge on any atom is 0.0950 e. The van der Waals surface area contributed by atoms with Gasteiger partial charge in [0.2, 0.25) is 0 Å². The second-order valence-corrected chi connectivity index (χ2v) is 4.48. The van der Waals surface area contributed by atoms with Crippen molar-refractivity contribution in [3.8, 4) is 0 Å². The Labute approximate surface area is 107 Å². The second-order valence-electron chi connectivity index (χ2n) is 4.48. The molecule has 2 rings (SSSR count). The van der Waals surface area contributed by atoms with Crippen LogP contribution in [0.25, 0.3) is 10.9 Å². The summed E-state index contributed by atoms with van der Waals surface area (Å²) in [6, 6.07) is 8.00. The molecule has 0 radical (unpaired) electrons. The van der Waals surface area contributed by atoms with Crippen molar-refractivity contribution in [1.82, 2.24) is 10.2 Å². The number of ether oxygens (including phenoxy) is 1. The summed E-state index contributed by atoms with van der Waals surface area (Å²) in [5, 5.41) is 12.6. The van der Waals surface area contributed by atoms with E-state index in [9.17, 15) is 0 Å². The molecule has 1 aromatic carbocycles. The number of nitrogens with zero attached hydrogens (tertiary/aromatic N) is 2. The van der Waals surface area contributed by atoms with Gasteiger partial charge < -0.3 is 10.1 Å². The maximum atomic E-state index is 5.50. The van der Waals surface area contributed by atoms with Crippen molar-refractivity contribution in [2.75, 3.05) is 18.5 Å². The van der Waals surface area contributed by atoms with Crippen molar-refractivity contribution < 1.29 is 4.74 Å². The third kappa shape index (κ3) is 3.40. The Balaban J connectivity index is 1.91. The molecular formula is C14H19N3O. The molecular weight excluding hydrogens is 226 g/mol. The van der Waals surface area contributed by atoms with Crippen LogP contribution in [0.1, 0.15) is 20.3 Å². The Hall–Kier alpha value is -1.68. The third-order valence-corrected chi connectivity index (χ3v) is 2.63. The minimum atomic E-state index is 0.299. The van der Waals surface area contributed by atoms with E-state index >= 15 is 0 Å². The van der Waals surface area contributed by atoms with E-state index in [-0.39, 0.29) is 0 Å². The van der Waals surface area contributed by atoms with Crippen molar-refractivity contribution >= 4 is 16.6 Å². The zero-order chi connectivity index (χ0) is 12.8. The van der Waals surface area contributed by atoms with Gasteiger partial charge in [-0.25, -0.2) is 0 Å². The fourth-order valence-electron chi connectivity index (χ4n) is 1.76. The van der Waals surface area contributed by atoms with Crippen LogP contribution in [-0.4, -0.2) is 29.5 Å². The summed E-state index contributed by atoms with van der Waals surface area (Å²) < 4.78 is 5.50. The molecule has 0 aliphatic carbocycles. The minimum absolute atomic E-state index is 0.299. The summed E-state index contributed by atoms with van der Waals surface area (Å²) in [5.41, 5.74) is 1.95. The quantitative estimate of drug-likeness (QED) is 0.795. The molecule has 0 amide bonds. The monoisotopic (exact) mass is 245 g/mol. The summed E-state index contributed by atoms with van der Waals surface area (Å²) in [5.74, 6) is 0. The lowest BCUT2D eigenvalue weighted by Gasteiger charge is -2.10. The normalized spacial score (nSPS) is 11.1. The molecule has 0 unspecified atom stereocenters. The first kappa shape index (κ1) is 12.8. The van der Waals surface area contributed by atoms with Gasteiger partial charge in [0.1, 0.15) is 0 Å². The lowest BCUT2D eigenvalue weighted by Crippen LogP contribution is -2.09. The number of benzene rings is 1. The molecule has 0 bridgehead atoms. The number of anilines is 1. The summed E-state index contributed by atoms with van der Waals surface area (Å²) in [4.78, 5) is 0. The number of hydrogen-bond acceptors (Lipinski definition) is 4. The first-order valence-corrected chi connectivity index (χ1v) is 6.33. The highest BCUT2D eigenvalue weighted by atomic mass is 16.5. The number of nitrogens with one attached hydrogen (secondary N) is 1. The van der Waals surface area contributed by atoms with Gasteiger partial charge in [0.25, 0.3) is 0 Å². The molecule has 96 valence electrons. The molecule has 0 atom stereocenters. The van der Waals surface area contributed by atoms with E-state index in [1.165, 1.54) is 0 Å². The highest BCUT2D eigenvalue weighted by molar-refractivity contribution is 5.90. The highest BCUT2D eigenvalue weighted by Gasteiger charge is 2.01. The van der Waals surface area contributed by atoms with Crippen LogP contribution in [0.5, 0.6) is 0 Å². The zero-order valence-electron chi connectivity index (χ0n) is 10.9. The van der Waals surface area contributed by atoms with Crippen LogP contribution in [0.2, 0.25) is 0 Å². The van der Waals surface area contributed by atoms with E-state index in [0.29, 0.717) is 6.10 Å². The number of fused-ring (bicyclic) bond motifs is 1. The Kier molecular flexibility index (Phi) is 4.47. The van der Waals surface area contributed by atoms with Gasteiger partial charge in [0, 0.05) is 18.5 Å². The molecule has 0 aliphatic heterocycles. The van der Waals surface area contributed by atoms with Gasteiger partial charge in [0.05, 0.1) is 23.5 Å². The fraction of sp³-hybridized carbons (Fsp3) is 0.429. The van der Waals surface area contributed by atoms with Crippen LogP contribution in [0.4, 0.5) is 5.69 Å². The predicted molar refractivity (Wildman–Crippen MR) is 73.7 cm³/mol. The molecule has 2 aromatic rings. The average Bonchev–Trinajstić information content (AvgIpc) is 2.38. The molecule has 0 spiro atoms. The Morgan fingerprint density at radius 2 is 2.11 bits per heavy atom. The smallest absolute Gasteiger partial charge is 0.0950 e. The molecule has 1 aromatic heterocycles. The summed E-state index contributed by atoms with van der Waals surface area (Å²) >= 11 is 0. The molecule has 0 fully saturated rings. The number of hydrogen-bond donors (Lipinski definition) is 1. The van der Waals surface area contributed by atoms with Crippen LogP contribution in [0.15, 0.2) is 30.5 Å². The number of aromatic nitrogens is 2. The van der Waals surface area contributed by atoms with Gasteiger partial charge in [-0.2, -0.15) is 10.2 Å². The van der Waals surface area contributed by atoms with Crippen LogP contribution >= 0.6 is 0 Å². The third-order valence-electron chi connectivity index (χ3n) is 2.63. The first-order chi connectivity index (χ1) is 8.77. The number of rotatable bonds is 6. The molecule has 1 N–H and O–H groups in total. The minimum Gasteiger partial charge on any atom is -0.383 e. The lowest BCUT2D eigenvalue weighted by atomic mass is 10.2.